The van der Waals surface area contributed by atoms with Crippen LogP contribution in [-0.2, 0) is 0 Å². The minimum atomic E-state index is -0.420. The summed E-state index contributed by atoms with van der Waals surface area (Å²) in [5, 5.41) is 28.2. The maximum Gasteiger partial charge on any atom is 0.259 e. The smallest absolute Gasteiger partial charge is 0.259 e. The molecule has 2 fully saturated rings. The second kappa shape index (κ2) is 12.0. The van der Waals surface area contributed by atoms with Gasteiger partial charge in [0.05, 0.1) is 18.2 Å². The number of aromatic nitrogens is 3. The van der Waals surface area contributed by atoms with Crippen LogP contribution in [0.4, 0.5) is 29.2 Å². The number of fused-ring (bicyclic) bond motifs is 1. The van der Waals surface area contributed by atoms with Crippen LogP contribution in [0.5, 0.6) is 5.75 Å². The third kappa shape index (κ3) is 6.15. The van der Waals surface area contributed by atoms with Crippen LogP contribution in [0.3, 0.4) is 0 Å². The van der Waals surface area contributed by atoms with Crippen LogP contribution in [0.15, 0.2) is 60.7 Å². The molecule has 3 heterocycles. The van der Waals surface area contributed by atoms with E-state index in [4.69, 9.17) is 22.2 Å². The highest BCUT2D eigenvalue weighted by Crippen LogP contribution is 2.30. The number of phenols is 1. The lowest BCUT2D eigenvalue weighted by Crippen LogP contribution is -2.53. The molecular weight excluding hydrogens is 548 g/mol. The van der Waals surface area contributed by atoms with Gasteiger partial charge in [0.15, 0.2) is 0 Å². The summed E-state index contributed by atoms with van der Waals surface area (Å²) < 4.78 is 0. The number of carbonyl (C=O) groups is 1. The second-order valence-corrected chi connectivity index (χ2v) is 11.2. The number of nitrogens with two attached hydrogens (primary N) is 3. The summed E-state index contributed by atoms with van der Waals surface area (Å²) in [6, 6.07) is 17.3. The van der Waals surface area contributed by atoms with E-state index in [1.165, 1.54) is 0 Å². The number of anilines is 5. The van der Waals surface area contributed by atoms with Crippen molar-refractivity contribution in [1.29, 1.82) is 0 Å². The summed E-state index contributed by atoms with van der Waals surface area (Å²) in [5.41, 5.74) is 20.1. The molecule has 1 aromatic heterocycles. The second-order valence-electron chi connectivity index (χ2n) is 11.2. The summed E-state index contributed by atoms with van der Waals surface area (Å²) in [6.45, 7) is 1.55. The number of carbonyl (C=O) groups excluding carboxylic acids is 1. The topological polar surface area (TPSA) is 205 Å². The number of aliphatic hydroxyl groups is 1. The molecule has 3 aromatic carbocycles. The molecule has 2 saturated heterocycles. The fourth-order valence-electron chi connectivity index (χ4n) is 5.80. The van der Waals surface area contributed by atoms with Crippen LogP contribution in [0.2, 0.25) is 0 Å². The monoisotopic (exact) mass is 584 g/mol. The van der Waals surface area contributed by atoms with Crippen molar-refractivity contribution < 1.29 is 15.0 Å². The van der Waals surface area contributed by atoms with Crippen molar-refractivity contribution >= 4 is 45.9 Å². The first-order chi connectivity index (χ1) is 20.8. The number of nitrogens with zero attached hydrogens (tertiary/aromatic N) is 5. The lowest BCUT2D eigenvalue weighted by molar-refractivity contribution is 0.102. The Kier molecular flexibility index (Phi) is 7.95. The van der Waals surface area contributed by atoms with Crippen molar-refractivity contribution in [2.24, 2.45) is 17.2 Å². The molecule has 4 atom stereocenters. The molecule has 2 aliphatic heterocycles. The van der Waals surface area contributed by atoms with Crippen molar-refractivity contribution in [2.75, 3.05) is 46.7 Å². The predicted octanol–water partition coefficient (Wildman–Crippen LogP) is 1.49. The van der Waals surface area contributed by atoms with Crippen molar-refractivity contribution in [3.63, 3.8) is 0 Å². The first-order valence-electron chi connectivity index (χ1n) is 14.3. The quantitative estimate of drug-likeness (QED) is 0.165. The number of piperidine rings is 1. The summed E-state index contributed by atoms with van der Waals surface area (Å²) >= 11 is 0. The third-order valence-electron chi connectivity index (χ3n) is 7.87. The SMILES string of the molecule is N[C@@H]1C[C@H](N)CN(c2nc(Nc3ccc(NC(=O)c4ccc5ccccc5c4O)cc3)nc(N3C[C@H](N)C[C@@H]3CO)n2)C1. The summed E-state index contributed by atoms with van der Waals surface area (Å²) in [5.74, 6) is 0.674. The van der Waals surface area contributed by atoms with Gasteiger partial charge in [-0.25, -0.2) is 0 Å². The lowest BCUT2D eigenvalue weighted by Gasteiger charge is -2.35. The molecule has 0 radical (unpaired) electrons. The van der Waals surface area contributed by atoms with Gasteiger partial charge in [-0.2, -0.15) is 15.0 Å². The van der Waals surface area contributed by atoms with Gasteiger partial charge in [0, 0.05) is 54.5 Å². The van der Waals surface area contributed by atoms with Gasteiger partial charge in [0.1, 0.15) is 5.75 Å². The van der Waals surface area contributed by atoms with E-state index >= 15 is 0 Å². The number of benzene rings is 3. The zero-order chi connectivity index (χ0) is 30.1. The number of rotatable bonds is 7. The summed E-state index contributed by atoms with van der Waals surface area (Å²) in [6.07, 6.45) is 1.35. The van der Waals surface area contributed by atoms with Crippen molar-refractivity contribution in [3.05, 3.63) is 66.2 Å². The van der Waals surface area contributed by atoms with E-state index in [0.29, 0.717) is 60.7 Å². The molecule has 0 unspecified atom stereocenters. The molecule has 2 aliphatic rings. The standard InChI is InChI=1S/C30H36N10O3/c31-18-11-19(32)14-39(13-18)29-36-28(37-30(38-29)40-15-20(33)12-23(40)16-41)35-22-8-6-21(7-9-22)34-27(43)25-10-5-17-3-1-2-4-24(17)26(25)42/h1-10,18-20,23,41-42H,11-16,31-33H2,(H,34,43)(H,35,36,37,38)/t18-,19+,20-,23-/m1/s1. The average Bonchev–Trinajstić information content (AvgIpc) is 3.38. The highest BCUT2D eigenvalue weighted by Gasteiger charge is 2.33. The fourth-order valence-corrected chi connectivity index (χ4v) is 5.80. The molecule has 43 heavy (non-hydrogen) atoms. The van der Waals surface area contributed by atoms with E-state index in [1.807, 2.05) is 28.0 Å². The van der Waals surface area contributed by atoms with E-state index in [9.17, 15) is 15.0 Å². The van der Waals surface area contributed by atoms with Gasteiger partial charge in [0.25, 0.3) is 5.91 Å². The average molecular weight is 585 g/mol. The molecule has 224 valence electrons. The highest BCUT2D eigenvalue weighted by molar-refractivity contribution is 6.09. The molecule has 0 bridgehead atoms. The lowest BCUT2D eigenvalue weighted by atomic mass is 10.0. The Labute approximate surface area is 248 Å². The number of amides is 1. The molecule has 6 rings (SSSR count). The largest absolute Gasteiger partial charge is 0.506 e. The first kappa shape index (κ1) is 28.6. The van der Waals surface area contributed by atoms with Crippen LogP contribution in [0.1, 0.15) is 23.2 Å². The van der Waals surface area contributed by atoms with Crippen molar-refractivity contribution in [1.82, 2.24) is 15.0 Å². The Bertz CT molecular complexity index is 1610. The Morgan fingerprint density at radius 1 is 0.837 bits per heavy atom. The molecule has 0 spiro atoms. The molecule has 1 amide bonds. The van der Waals surface area contributed by atoms with Crippen molar-refractivity contribution in [3.8, 4) is 5.75 Å². The Morgan fingerprint density at radius 2 is 1.51 bits per heavy atom. The molecule has 0 saturated carbocycles. The number of hydrogen-bond donors (Lipinski definition) is 7. The molecule has 0 aliphatic carbocycles. The van der Waals surface area contributed by atoms with Gasteiger partial charge in [-0.1, -0.05) is 30.3 Å². The first-order valence-corrected chi connectivity index (χ1v) is 14.3. The zero-order valence-corrected chi connectivity index (χ0v) is 23.6. The van der Waals surface area contributed by atoms with E-state index in [2.05, 4.69) is 20.6 Å². The van der Waals surface area contributed by atoms with Crippen LogP contribution < -0.4 is 37.6 Å². The number of aliphatic hydroxyl groups excluding tert-OH is 1. The van der Waals surface area contributed by atoms with Gasteiger partial charge < -0.3 is 47.8 Å². The number of aromatic hydroxyl groups is 1. The third-order valence-corrected chi connectivity index (χ3v) is 7.87. The van der Waals surface area contributed by atoms with E-state index < -0.39 is 5.91 Å². The maximum absolute atomic E-state index is 13.0. The number of nitrogens with one attached hydrogen (secondary N) is 2. The van der Waals surface area contributed by atoms with Gasteiger partial charge in [-0.05, 0) is 48.6 Å². The maximum atomic E-state index is 13.0. The zero-order valence-electron chi connectivity index (χ0n) is 23.6. The predicted molar refractivity (Wildman–Crippen MR) is 167 cm³/mol. The van der Waals surface area contributed by atoms with Gasteiger partial charge in [-0.15, -0.1) is 0 Å². The molecule has 4 aromatic rings. The van der Waals surface area contributed by atoms with E-state index in [0.717, 1.165) is 11.8 Å². The Morgan fingerprint density at radius 3 is 2.26 bits per heavy atom. The number of phenolic OH excluding ortho intramolecular Hbond substituents is 1. The van der Waals surface area contributed by atoms with Crippen LogP contribution in [-0.4, -0.2) is 81.5 Å². The van der Waals surface area contributed by atoms with Gasteiger partial charge in [0.2, 0.25) is 17.8 Å². The van der Waals surface area contributed by atoms with Crippen LogP contribution in [0, 0.1) is 0 Å². The molecule has 13 nitrogen and oxygen atoms in total. The van der Waals surface area contributed by atoms with Crippen LogP contribution >= 0.6 is 0 Å². The van der Waals surface area contributed by atoms with E-state index in [-0.39, 0.29) is 42.1 Å². The van der Waals surface area contributed by atoms with Crippen molar-refractivity contribution in [2.45, 2.75) is 37.0 Å². The van der Waals surface area contributed by atoms with E-state index in [1.54, 1.807) is 42.5 Å². The van der Waals surface area contributed by atoms with Crippen LogP contribution in [0.25, 0.3) is 10.8 Å². The Hall–Kier alpha value is -4.56. The van der Waals surface area contributed by atoms with Gasteiger partial charge in [-0.3, -0.25) is 4.79 Å². The molecule has 10 N–H and O–H groups in total. The minimum absolute atomic E-state index is 0.0617. The normalized spacial score (nSPS) is 22.1. The summed E-state index contributed by atoms with van der Waals surface area (Å²) in [4.78, 5) is 30.9. The summed E-state index contributed by atoms with van der Waals surface area (Å²) in [7, 11) is 0. The Balaban J connectivity index is 1.22. The minimum Gasteiger partial charge on any atom is -0.506 e. The highest BCUT2D eigenvalue weighted by atomic mass is 16.3. The van der Waals surface area contributed by atoms with Gasteiger partial charge >= 0.3 is 0 Å². The number of hydrogen-bond acceptors (Lipinski definition) is 12. The molecular formula is C30H36N10O3. The molecule has 13 heteroatoms. The fraction of sp³-hybridized carbons (Fsp3) is 0.333.